The summed E-state index contributed by atoms with van der Waals surface area (Å²) < 4.78 is 57.1. The van der Waals surface area contributed by atoms with Gasteiger partial charge in [-0.15, -0.1) is 0 Å². The summed E-state index contributed by atoms with van der Waals surface area (Å²) in [6.45, 7) is 3.23. The second kappa shape index (κ2) is 5.74. The van der Waals surface area contributed by atoms with Crippen LogP contribution in [0.4, 0.5) is 17.6 Å². The lowest BCUT2D eigenvalue weighted by molar-refractivity contribution is -0.138. The molecule has 0 aliphatic heterocycles. The van der Waals surface area contributed by atoms with Gasteiger partial charge in [-0.05, 0) is 19.9 Å². The lowest BCUT2D eigenvalue weighted by Gasteiger charge is -2.09. The summed E-state index contributed by atoms with van der Waals surface area (Å²) in [6.07, 6.45) is -3.04. The van der Waals surface area contributed by atoms with Crippen LogP contribution in [0, 0.1) is 12.7 Å². The number of nitrogens with zero attached hydrogens (tertiary/aromatic N) is 3. The van der Waals surface area contributed by atoms with E-state index in [9.17, 15) is 22.4 Å². The van der Waals surface area contributed by atoms with E-state index < -0.39 is 29.3 Å². The Bertz CT molecular complexity index is 710. The summed E-state index contributed by atoms with van der Waals surface area (Å²) in [5.41, 5.74) is -0.906. The number of hydrogen-bond acceptors (Lipinski definition) is 4. The van der Waals surface area contributed by atoms with Crippen molar-refractivity contribution in [2.45, 2.75) is 20.0 Å². The van der Waals surface area contributed by atoms with Crippen molar-refractivity contribution in [3.8, 4) is 5.82 Å². The van der Waals surface area contributed by atoms with Gasteiger partial charge in [0.05, 0.1) is 24.1 Å². The molecule has 0 aromatic carbocycles. The zero-order chi connectivity index (χ0) is 16.5. The van der Waals surface area contributed by atoms with Crippen molar-refractivity contribution in [1.82, 2.24) is 14.8 Å². The Morgan fingerprint density at radius 3 is 2.59 bits per heavy atom. The van der Waals surface area contributed by atoms with E-state index in [0.717, 1.165) is 10.9 Å². The van der Waals surface area contributed by atoms with Crippen molar-refractivity contribution < 1.29 is 27.1 Å². The topological polar surface area (TPSA) is 57.0 Å². The summed E-state index contributed by atoms with van der Waals surface area (Å²) >= 11 is 0. The number of rotatable bonds is 3. The van der Waals surface area contributed by atoms with Crippen LogP contribution < -0.4 is 0 Å². The number of ether oxygens (including phenoxy) is 1. The smallest absolute Gasteiger partial charge is 0.417 e. The average Bonchev–Trinajstić information content (AvgIpc) is 2.80. The second-order valence-electron chi connectivity index (χ2n) is 4.30. The van der Waals surface area contributed by atoms with Crippen LogP contribution in [0.25, 0.3) is 5.82 Å². The molecule has 0 radical (unpaired) electrons. The molecule has 9 heteroatoms. The summed E-state index contributed by atoms with van der Waals surface area (Å²) in [5.74, 6) is -2.28. The molecule has 0 unspecified atom stereocenters. The van der Waals surface area contributed by atoms with Crippen LogP contribution in [-0.2, 0) is 10.9 Å². The van der Waals surface area contributed by atoms with E-state index >= 15 is 0 Å². The van der Waals surface area contributed by atoms with Crippen LogP contribution in [0.1, 0.15) is 28.5 Å². The predicted octanol–water partition coefficient (Wildman–Crippen LogP) is 2.91. The highest BCUT2D eigenvalue weighted by molar-refractivity contribution is 5.90. The average molecular weight is 317 g/mol. The van der Waals surface area contributed by atoms with E-state index in [0.29, 0.717) is 12.3 Å². The van der Waals surface area contributed by atoms with Gasteiger partial charge in [-0.2, -0.15) is 18.3 Å². The number of carbonyl (C=O) groups is 1. The Morgan fingerprint density at radius 2 is 2.05 bits per heavy atom. The van der Waals surface area contributed by atoms with Crippen LogP contribution >= 0.6 is 0 Å². The van der Waals surface area contributed by atoms with Crippen LogP contribution in [0.2, 0.25) is 0 Å². The molecule has 0 bridgehead atoms. The number of pyridine rings is 1. The monoisotopic (exact) mass is 317 g/mol. The molecule has 22 heavy (non-hydrogen) atoms. The van der Waals surface area contributed by atoms with Crippen molar-refractivity contribution in [3.63, 3.8) is 0 Å². The van der Waals surface area contributed by atoms with Gasteiger partial charge in [0, 0.05) is 6.20 Å². The fraction of sp³-hybridized carbons (Fsp3) is 0.308. The first-order chi connectivity index (χ1) is 10.3. The summed E-state index contributed by atoms with van der Waals surface area (Å²) in [4.78, 5) is 15.1. The van der Waals surface area contributed by atoms with Gasteiger partial charge in [0.1, 0.15) is 5.56 Å². The molecule has 0 atom stereocenters. The Morgan fingerprint density at radius 1 is 1.36 bits per heavy atom. The first-order valence-electron chi connectivity index (χ1n) is 6.20. The van der Waals surface area contributed by atoms with Crippen LogP contribution in [0.15, 0.2) is 18.5 Å². The zero-order valence-corrected chi connectivity index (χ0v) is 11.6. The lowest BCUT2D eigenvalue weighted by Crippen LogP contribution is -2.11. The summed E-state index contributed by atoms with van der Waals surface area (Å²) in [7, 11) is 0. The molecule has 0 saturated heterocycles. The molecule has 2 rings (SSSR count). The van der Waals surface area contributed by atoms with Crippen LogP contribution in [-0.4, -0.2) is 27.3 Å². The highest BCUT2D eigenvalue weighted by atomic mass is 19.4. The van der Waals surface area contributed by atoms with E-state index in [2.05, 4.69) is 10.1 Å². The molecular weight excluding hydrogens is 306 g/mol. The van der Waals surface area contributed by atoms with Crippen molar-refractivity contribution in [1.29, 1.82) is 0 Å². The van der Waals surface area contributed by atoms with E-state index in [1.54, 1.807) is 6.92 Å². The van der Waals surface area contributed by atoms with Gasteiger partial charge in [-0.1, -0.05) is 0 Å². The minimum atomic E-state index is -4.69. The van der Waals surface area contributed by atoms with Crippen LogP contribution in [0.5, 0.6) is 0 Å². The van der Waals surface area contributed by atoms with Gasteiger partial charge >= 0.3 is 12.1 Å². The van der Waals surface area contributed by atoms with Gasteiger partial charge in [-0.25, -0.2) is 18.9 Å². The molecule has 0 N–H and O–H groups in total. The fourth-order valence-electron chi connectivity index (χ4n) is 1.77. The van der Waals surface area contributed by atoms with Crippen molar-refractivity contribution in [3.05, 3.63) is 41.1 Å². The maximum atomic E-state index is 13.9. The minimum absolute atomic E-state index is 0.0861. The largest absolute Gasteiger partial charge is 0.462 e. The summed E-state index contributed by atoms with van der Waals surface area (Å²) in [6, 6.07) is 0.327. The first kappa shape index (κ1) is 15.9. The Balaban J connectivity index is 2.43. The number of carbonyl (C=O) groups excluding carboxylic acids is 1. The fourth-order valence-corrected chi connectivity index (χ4v) is 1.77. The standard InChI is InChI=1S/C13H11F4N3O2/c1-3-22-12(21)9-6-19-20(7(9)2)11-10(14)4-8(5-18-11)13(15,16)17/h4-6H,3H2,1-2H3. The number of halogens is 4. The Hall–Kier alpha value is -2.45. The van der Waals surface area contributed by atoms with Crippen molar-refractivity contribution in [2.75, 3.05) is 6.61 Å². The Labute approximate surface area is 122 Å². The lowest BCUT2D eigenvalue weighted by atomic mass is 10.2. The molecule has 0 spiro atoms. The minimum Gasteiger partial charge on any atom is -0.462 e. The normalized spacial score (nSPS) is 11.5. The third-order valence-corrected chi connectivity index (χ3v) is 2.85. The summed E-state index contributed by atoms with van der Waals surface area (Å²) in [5, 5.41) is 3.77. The number of aromatic nitrogens is 3. The quantitative estimate of drug-likeness (QED) is 0.645. The zero-order valence-electron chi connectivity index (χ0n) is 11.6. The molecule has 2 aromatic rings. The van der Waals surface area contributed by atoms with Crippen molar-refractivity contribution in [2.24, 2.45) is 0 Å². The number of alkyl halides is 3. The molecule has 0 aliphatic carbocycles. The second-order valence-corrected chi connectivity index (χ2v) is 4.30. The molecule has 5 nitrogen and oxygen atoms in total. The highest BCUT2D eigenvalue weighted by Gasteiger charge is 2.32. The first-order valence-corrected chi connectivity index (χ1v) is 6.20. The third kappa shape index (κ3) is 2.92. The third-order valence-electron chi connectivity index (χ3n) is 2.85. The molecular formula is C13H11F4N3O2. The van der Waals surface area contributed by atoms with Gasteiger partial charge < -0.3 is 4.74 Å². The predicted molar refractivity (Wildman–Crippen MR) is 67.0 cm³/mol. The number of esters is 1. The maximum absolute atomic E-state index is 13.9. The van der Waals surface area contributed by atoms with Crippen LogP contribution in [0.3, 0.4) is 0 Å². The SMILES string of the molecule is CCOC(=O)c1cnn(-c2ncc(C(F)(F)F)cc2F)c1C. The molecule has 0 saturated carbocycles. The molecule has 2 aromatic heterocycles. The van der Waals surface area contributed by atoms with E-state index in [1.165, 1.54) is 6.92 Å². The molecule has 118 valence electrons. The molecule has 0 aliphatic rings. The Kier molecular flexibility index (Phi) is 4.16. The molecule has 0 fully saturated rings. The molecule has 0 amide bonds. The van der Waals surface area contributed by atoms with E-state index in [1.807, 2.05) is 0 Å². The maximum Gasteiger partial charge on any atom is 0.417 e. The van der Waals surface area contributed by atoms with Gasteiger partial charge in [0.25, 0.3) is 0 Å². The molecule has 2 heterocycles. The van der Waals surface area contributed by atoms with Gasteiger partial charge in [0.15, 0.2) is 11.6 Å². The highest BCUT2D eigenvalue weighted by Crippen LogP contribution is 2.30. The van der Waals surface area contributed by atoms with Gasteiger partial charge in [0.2, 0.25) is 0 Å². The van der Waals surface area contributed by atoms with E-state index in [-0.39, 0.29) is 17.9 Å². The number of hydrogen-bond donors (Lipinski definition) is 0. The van der Waals surface area contributed by atoms with Crippen molar-refractivity contribution >= 4 is 5.97 Å². The van der Waals surface area contributed by atoms with Gasteiger partial charge in [-0.3, -0.25) is 0 Å². The van der Waals surface area contributed by atoms with E-state index in [4.69, 9.17) is 4.74 Å².